The zero-order valence-corrected chi connectivity index (χ0v) is 13.5. The third-order valence-corrected chi connectivity index (χ3v) is 4.19. The van der Waals surface area contributed by atoms with Crippen LogP contribution in [0, 0.1) is 11.6 Å². The molecule has 1 saturated heterocycles. The second-order valence-corrected chi connectivity index (χ2v) is 6.16. The lowest BCUT2D eigenvalue weighted by molar-refractivity contribution is 0.0894. The van der Waals surface area contributed by atoms with E-state index in [0.29, 0.717) is 24.3 Å². The third kappa shape index (κ3) is 3.97. The predicted molar refractivity (Wildman–Crippen MR) is 85.3 cm³/mol. The van der Waals surface area contributed by atoms with Crippen molar-refractivity contribution in [3.05, 3.63) is 53.4 Å². The number of carbonyl (C=O) groups excluding carboxylic acids is 1. The van der Waals surface area contributed by atoms with Crippen LogP contribution >= 0.6 is 0 Å². The van der Waals surface area contributed by atoms with Crippen LogP contribution in [0.15, 0.2) is 30.5 Å². The van der Waals surface area contributed by atoms with E-state index in [1.165, 1.54) is 6.07 Å². The Bertz CT molecular complexity index is 731. The van der Waals surface area contributed by atoms with E-state index in [-0.39, 0.29) is 11.9 Å². The molecule has 2 heterocycles. The SMILES string of the molecule is Cn1ccc(C(=O)NC2CCCN(Cc3cc(F)ccc3F)C2)n1. The highest BCUT2D eigenvalue weighted by Gasteiger charge is 2.23. The van der Waals surface area contributed by atoms with Crippen molar-refractivity contribution in [3.63, 3.8) is 0 Å². The largest absolute Gasteiger partial charge is 0.347 e. The fourth-order valence-electron chi connectivity index (χ4n) is 3.02. The maximum atomic E-state index is 13.8. The normalized spacial score (nSPS) is 18.5. The average molecular weight is 334 g/mol. The minimum Gasteiger partial charge on any atom is -0.347 e. The van der Waals surface area contributed by atoms with Gasteiger partial charge in [0.05, 0.1) is 0 Å². The highest BCUT2D eigenvalue weighted by atomic mass is 19.1. The first-order chi connectivity index (χ1) is 11.5. The van der Waals surface area contributed by atoms with Gasteiger partial charge in [-0.3, -0.25) is 14.4 Å². The van der Waals surface area contributed by atoms with Crippen LogP contribution in [0.4, 0.5) is 8.78 Å². The van der Waals surface area contributed by atoms with E-state index in [2.05, 4.69) is 10.4 Å². The van der Waals surface area contributed by atoms with E-state index in [0.717, 1.165) is 31.5 Å². The van der Waals surface area contributed by atoms with Gasteiger partial charge in [-0.15, -0.1) is 0 Å². The van der Waals surface area contributed by atoms with Crippen molar-refractivity contribution in [2.75, 3.05) is 13.1 Å². The van der Waals surface area contributed by atoms with Crippen molar-refractivity contribution in [3.8, 4) is 0 Å². The van der Waals surface area contributed by atoms with Gasteiger partial charge >= 0.3 is 0 Å². The molecule has 1 aromatic heterocycles. The van der Waals surface area contributed by atoms with Gasteiger partial charge in [0, 0.05) is 37.9 Å². The zero-order chi connectivity index (χ0) is 17.1. The molecule has 0 bridgehead atoms. The quantitative estimate of drug-likeness (QED) is 0.931. The number of hydrogen-bond donors (Lipinski definition) is 1. The Balaban J connectivity index is 1.60. The van der Waals surface area contributed by atoms with Gasteiger partial charge in [0.1, 0.15) is 17.3 Å². The van der Waals surface area contributed by atoms with Crippen LogP contribution in [0.2, 0.25) is 0 Å². The van der Waals surface area contributed by atoms with E-state index in [4.69, 9.17) is 0 Å². The maximum Gasteiger partial charge on any atom is 0.272 e. The Kier molecular flexibility index (Phi) is 4.89. The lowest BCUT2D eigenvalue weighted by atomic mass is 10.0. The zero-order valence-electron chi connectivity index (χ0n) is 13.5. The summed E-state index contributed by atoms with van der Waals surface area (Å²) in [4.78, 5) is 14.2. The maximum absolute atomic E-state index is 13.8. The summed E-state index contributed by atoms with van der Waals surface area (Å²) in [6.07, 6.45) is 3.47. The number of hydrogen-bond acceptors (Lipinski definition) is 3. The van der Waals surface area contributed by atoms with E-state index in [9.17, 15) is 13.6 Å². The highest BCUT2D eigenvalue weighted by molar-refractivity contribution is 5.92. The summed E-state index contributed by atoms with van der Waals surface area (Å²) < 4.78 is 28.6. The number of likely N-dealkylation sites (tertiary alicyclic amines) is 1. The third-order valence-electron chi connectivity index (χ3n) is 4.19. The van der Waals surface area contributed by atoms with Crippen molar-refractivity contribution >= 4 is 5.91 Å². The molecule has 128 valence electrons. The molecule has 1 aliphatic heterocycles. The number of nitrogens with one attached hydrogen (secondary N) is 1. The van der Waals surface area contributed by atoms with Crippen molar-refractivity contribution in [1.29, 1.82) is 0 Å². The van der Waals surface area contributed by atoms with Crippen molar-refractivity contribution < 1.29 is 13.6 Å². The fourth-order valence-corrected chi connectivity index (χ4v) is 3.02. The summed E-state index contributed by atoms with van der Waals surface area (Å²) in [5.41, 5.74) is 0.720. The number of halogens is 2. The van der Waals surface area contributed by atoms with Gasteiger partial charge in [-0.25, -0.2) is 8.78 Å². The van der Waals surface area contributed by atoms with Gasteiger partial charge in [0.15, 0.2) is 0 Å². The molecule has 0 radical (unpaired) electrons. The Hall–Kier alpha value is -2.28. The number of piperidine rings is 1. The fraction of sp³-hybridized carbons (Fsp3) is 0.412. The van der Waals surface area contributed by atoms with Gasteiger partial charge in [-0.1, -0.05) is 0 Å². The molecule has 0 aliphatic carbocycles. The molecule has 0 spiro atoms. The molecule has 1 aliphatic rings. The van der Waals surface area contributed by atoms with E-state index >= 15 is 0 Å². The second-order valence-electron chi connectivity index (χ2n) is 6.16. The van der Waals surface area contributed by atoms with Gasteiger partial charge in [-0.05, 0) is 43.7 Å². The Morgan fingerprint density at radius 1 is 1.38 bits per heavy atom. The molecule has 5 nitrogen and oxygen atoms in total. The smallest absolute Gasteiger partial charge is 0.272 e. The first-order valence-electron chi connectivity index (χ1n) is 7.98. The number of nitrogens with zero attached hydrogens (tertiary/aromatic N) is 3. The van der Waals surface area contributed by atoms with Gasteiger partial charge < -0.3 is 5.32 Å². The summed E-state index contributed by atoms with van der Waals surface area (Å²) in [5.74, 6) is -1.06. The molecular weight excluding hydrogens is 314 g/mol. The molecule has 24 heavy (non-hydrogen) atoms. The molecule has 2 aromatic rings. The van der Waals surface area contributed by atoms with E-state index in [1.54, 1.807) is 24.0 Å². The van der Waals surface area contributed by atoms with Gasteiger partial charge in [-0.2, -0.15) is 5.10 Å². The number of aromatic nitrogens is 2. The van der Waals surface area contributed by atoms with E-state index in [1.807, 2.05) is 4.90 Å². The monoisotopic (exact) mass is 334 g/mol. The Morgan fingerprint density at radius 2 is 2.21 bits per heavy atom. The lowest BCUT2D eigenvalue weighted by Gasteiger charge is -2.33. The van der Waals surface area contributed by atoms with Crippen LogP contribution in [0.3, 0.4) is 0 Å². The van der Waals surface area contributed by atoms with Crippen LogP contribution in [-0.4, -0.2) is 39.7 Å². The molecule has 3 rings (SSSR count). The van der Waals surface area contributed by atoms with E-state index < -0.39 is 11.6 Å². The molecule has 1 N–H and O–H groups in total. The number of rotatable bonds is 4. The first-order valence-corrected chi connectivity index (χ1v) is 7.98. The summed E-state index contributed by atoms with van der Waals surface area (Å²) in [6.45, 7) is 1.74. The Labute approximate surface area is 139 Å². The van der Waals surface area contributed by atoms with Crippen LogP contribution in [-0.2, 0) is 13.6 Å². The van der Waals surface area contributed by atoms with Crippen LogP contribution in [0.1, 0.15) is 28.9 Å². The van der Waals surface area contributed by atoms with Crippen molar-refractivity contribution in [2.45, 2.75) is 25.4 Å². The topological polar surface area (TPSA) is 50.2 Å². The molecule has 7 heteroatoms. The lowest BCUT2D eigenvalue weighted by Crippen LogP contribution is -2.47. The van der Waals surface area contributed by atoms with Crippen LogP contribution < -0.4 is 5.32 Å². The number of aryl methyl sites for hydroxylation is 1. The second kappa shape index (κ2) is 7.09. The minimum atomic E-state index is -0.441. The predicted octanol–water partition coefficient (Wildman–Crippen LogP) is 2.09. The molecule has 0 saturated carbocycles. The average Bonchev–Trinajstić information content (AvgIpc) is 2.98. The van der Waals surface area contributed by atoms with Crippen LogP contribution in [0.25, 0.3) is 0 Å². The number of carbonyl (C=O) groups is 1. The van der Waals surface area contributed by atoms with Gasteiger partial charge in [0.2, 0.25) is 0 Å². The molecule has 1 amide bonds. The standard InChI is InChI=1S/C17H20F2N4O/c1-22-8-6-16(21-22)17(24)20-14-3-2-7-23(11-14)10-12-9-13(18)4-5-15(12)19/h4-6,8-9,14H,2-3,7,10-11H2,1H3,(H,20,24). The molecule has 1 unspecified atom stereocenters. The number of amides is 1. The summed E-state index contributed by atoms with van der Waals surface area (Å²) in [5, 5.41) is 7.05. The molecular formula is C17H20F2N4O. The highest BCUT2D eigenvalue weighted by Crippen LogP contribution is 2.17. The van der Waals surface area contributed by atoms with Crippen molar-refractivity contribution in [1.82, 2.24) is 20.0 Å². The number of benzene rings is 1. The van der Waals surface area contributed by atoms with Crippen molar-refractivity contribution in [2.24, 2.45) is 7.05 Å². The summed E-state index contributed by atoms with van der Waals surface area (Å²) >= 11 is 0. The summed E-state index contributed by atoms with van der Waals surface area (Å²) in [7, 11) is 1.76. The molecule has 1 atom stereocenters. The van der Waals surface area contributed by atoms with Gasteiger partial charge in [0.25, 0.3) is 5.91 Å². The molecule has 1 fully saturated rings. The van der Waals surface area contributed by atoms with Crippen LogP contribution in [0.5, 0.6) is 0 Å². The summed E-state index contributed by atoms with van der Waals surface area (Å²) in [6, 6.07) is 5.13. The molecule has 1 aromatic carbocycles. The minimum absolute atomic E-state index is 0.0233. The Morgan fingerprint density at radius 3 is 2.96 bits per heavy atom. The first kappa shape index (κ1) is 16.6.